The van der Waals surface area contributed by atoms with Gasteiger partial charge in [-0.25, -0.2) is 0 Å². The number of alkyl halides is 3. The molecule has 8 nitrogen and oxygen atoms in total. The lowest BCUT2D eigenvalue weighted by Crippen LogP contribution is -2.50. The first kappa shape index (κ1) is 16.6. The summed E-state index contributed by atoms with van der Waals surface area (Å²) in [5.74, 6) is -2.00. The Morgan fingerprint density at radius 3 is 2.79 bits per heavy atom. The SMILES string of the molecule is Cc1nnc2sc(CNC(=O)C3CCCN3C(=O)C(F)(F)F)nn12. The fourth-order valence-electron chi connectivity index (χ4n) is 2.55. The normalized spacial score (nSPS) is 18.3. The number of nitrogens with zero attached hydrogens (tertiary/aromatic N) is 5. The highest BCUT2D eigenvalue weighted by molar-refractivity contribution is 7.16. The van der Waals surface area contributed by atoms with Gasteiger partial charge in [0.2, 0.25) is 10.9 Å². The minimum atomic E-state index is -4.98. The second kappa shape index (κ2) is 6.00. The van der Waals surface area contributed by atoms with E-state index >= 15 is 0 Å². The lowest BCUT2D eigenvalue weighted by molar-refractivity contribution is -0.186. The fraction of sp³-hybridized carbons (Fsp3) is 0.583. The zero-order valence-corrected chi connectivity index (χ0v) is 13.3. The van der Waals surface area contributed by atoms with E-state index in [1.807, 2.05) is 0 Å². The number of hydrogen-bond donors (Lipinski definition) is 1. The summed E-state index contributed by atoms with van der Waals surface area (Å²) < 4.78 is 39.2. The summed E-state index contributed by atoms with van der Waals surface area (Å²) in [5, 5.41) is 15.0. The fourth-order valence-corrected chi connectivity index (χ4v) is 3.37. The highest BCUT2D eigenvalue weighted by Crippen LogP contribution is 2.25. The van der Waals surface area contributed by atoms with Crippen LogP contribution in [0.2, 0.25) is 0 Å². The van der Waals surface area contributed by atoms with Gasteiger partial charge < -0.3 is 10.2 Å². The Kier molecular flexibility index (Phi) is 4.15. The van der Waals surface area contributed by atoms with Crippen molar-refractivity contribution in [2.75, 3.05) is 6.54 Å². The number of aromatic nitrogens is 4. The zero-order chi connectivity index (χ0) is 17.5. The lowest BCUT2D eigenvalue weighted by atomic mass is 10.2. The van der Waals surface area contributed by atoms with E-state index < -0.39 is 24.0 Å². The predicted octanol–water partition coefficient (Wildman–Crippen LogP) is 0.664. The Labute approximate surface area is 137 Å². The summed E-state index contributed by atoms with van der Waals surface area (Å²) in [4.78, 5) is 24.7. The first-order valence-corrected chi connectivity index (χ1v) is 7.92. The monoisotopic (exact) mass is 362 g/mol. The first-order chi connectivity index (χ1) is 11.3. The van der Waals surface area contributed by atoms with Crippen LogP contribution in [0.5, 0.6) is 0 Å². The maximum absolute atomic E-state index is 12.6. The van der Waals surface area contributed by atoms with Crippen molar-refractivity contribution in [3.8, 4) is 0 Å². The largest absolute Gasteiger partial charge is 0.471 e. The molecule has 12 heteroatoms. The van der Waals surface area contributed by atoms with Crippen molar-refractivity contribution in [2.45, 2.75) is 38.5 Å². The molecule has 1 unspecified atom stereocenters. The number of rotatable bonds is 3. The number of amides is 2. The van der Waals surface area contributed by atoms with Gasteiger partial charge in [0.25, 0.3) is 0 Å². The molecule has 0 radical (unpaired) electrons. The Bertz CT molecular complexity index is 785. The molecule has 0 aromatic carbocycles. The van der Waals surface area contributed by atoms with Gasteiger partial charge in [-0.2, -0.15) is 22.8 Å². The quantitative estimate of drug-likeness (QED) is 0.866. The maximum atomic E-state index is 12.6. The van der Waals surface area contributed by atoms with Gasteiger partial charge in [-0.15, -0.1) is 10.2 Å². The third-order valence-corrected chi connectivity index (χ3v) is 4.56. The first-order valence-electron chi connectivity index (χ1n) is 7.10. The van der Waals surface area contributed by atoms with Gasteiger partial charge in [-0.3, -0.25) is 9.59 Å². The molecule has 130 valence electrons. The summed E-state index contributed by atoms with van der Waals surface area (Å²) in [6.07, 6.45) is -4.41. The van der Waals surface area contributed by atoms with Crippen LogP contribution in [-0.4, -0.2) is 55.3 Å². The molecule has 24 heavy (non-hydrogen) atoms. The second-order valence-corrected chi connectivity index (χ2v) is 6.35. The maximum Gasteiger partial charge on any atom is 0.471 e. The van der Waals surface area contributed by atoms with E-state index in [2.05, 4.69) is 20.6 Å². The van der Waals surface area contributed by atoms with Crippen molar-refractivity contribution >= 4 is 28.1 Å². The van der Waals surface area contributed by atoms with Crippen molar-refractivity contribution in [1.82, 2.24) is 30.0 Å². The van der Waals surface area contributed by atoms with Gasteiger partial charge in [0.05, 0.1) is 6.54 Å². The molecule has 3 heterocycles. The number of halogens is 3. The molecule has 1 N–H and O–H groups in total. The van der Waals surface area contributed by atoms with Crippen LogP contribution in [0, 0.1) is 6.92 Å². The van der Waals surface area contributed by atoms with Crippen molar-refractivity contribution < 1.29 is 22.8 Å². The number of likely N-dealkylation sites (tertiary alicyclic amines) is 1. The summed E-state index contributed by atoms with van der Waals surface area (Å²) in [5.41, 5.74) is 0. The molecule has 1 atom stereocenters. The van der Waals surface area contributed by atoms with Crippen LogP contribution in [0.25, 0.3) is 4.96 Å². The van der Waals surface area contributed by atoms with Gasteiger partial charge in [-0.05, 0) is 19.8 Å². The number of hydrogen-bond acceptors (Lipinski definition) is 6. The predicted molar refractivity (Wildman–Crippen MR) is 76.0 cm³/mol. The molecule has 0 bridgehead atoms. The van der Waals surface area contributed by atoms with Crippen LogP contribution in [0.1, 0.15) is 23.7 Å². The second-order valence-electron chi connectivity index (χ2n) is 5.31. The third-order valence-electron chi connectivity index (χ3n) is 3.66. The summed E-state index contributed by atoms with van der Waals surface area (Å²) in [7, 11) is 0. The summed E-state index contributed by atoms with van der Waals surface area (Å²) in [6.45, 7) is 1.70. The van der Waals surface area contributed by atoms with E-state index in [-0.39, 0.29) is 19.5 Å². The molecule has 2 aromatic rings. The molecule has 3 rings (SSSR count). The standard InChI is InChI=1S/C12H13F3N6O2S/c1-6-17-18-11-21(6)19-8(24-11)5-16-9(22)7-3-2-4-20(7)10(23)12(13,14)15/h7H,2-5H2,1H3,(H,16,22). The van der Waals surface area contributed by atoms with Crippen molar-refractivity contribution in [3.63, 3.8) is 0 Å². The molecule has 0 spiro atoms. The molecule has 1 saturated heterocycles. The van der Waals surface area contributed by atoms with Crippen molar-refractivity contribution in [3.05, 3.63) is 10.8 Å². The summed E-state index contributed by atoms with van der Waals surface area (Å²) >= 11 is 1.22. The smallest absolute Gasteiger partial charge is 0.348 e. The van der Waals surface area contributed by atoms with E-state index in [0.717, 1.165) is 0 Å². The average Bonchev–Trinajstić information content (AvgIpc) is 3.20. The Morgan fingerprint density at radius 1 is 1.38 bits per heavy atom. The molecule has 1 aliphatic rings. The number of fused-ring (bicyclic) bond motifs is 1. The third kappa shape index (κ3) is 3.05. The Hall–Kier alpha value is -2.24. The van der Waals surface area contributed by atoms with Gasteiger partial charge in [-0.1, -0.05) is 11.3 Å². The Morgan fingerprint density at radius 2 is 2.12 bits per heavy atom. The summed E-state index contributed by atoms with van der Waals surface area (Å²) in [6, 6.07) is -1.11. The molecule has 1 fully saturated rings. The van der Waals surface area contributed by atoms with Gasteiger partial charge in [0, 0.05) is 6.54 Å². The molecule has 0 saturated carbocycles. The van der Waals surface area contributed by atoms with Crippen LogP contribution in [0.15, 0.2) is 0 Å². The number of carbonyl (C=O) groups is 2. The molecule has 1 aliphatic heterocycles. The minimum absolute atomic E-state index is 0.0524. The van der Waals surface area contributed by atoms with E-state index in [1.165, 1.54) is 15.9 Å². The molecule has 2 aromatic heterocycles. The molecular formula is C12H13F3N6O2S. The van der Waals surface area contributed by atoms with E-state index in [4.69, 9.17) is 0 Å². The van der Waals surface area contributed by atoms with Gasteiger partial charge in [0.15, 0.2) is 5.82 Å². The number of aryl methyl sites for hydroxylation is 1. The van der Waals surface area contributed by atoms with Crippen LogP contribution in [0.3, 0.4) is 0 Å². The van der Waals surface area contributed by atoms with Gasteiger partial charge >= 0.3 is 12.1 Å². The van der Waals surface area contributed by atoms with Crippen LogP contribution in [-0.2, 0) is 16.1 Å². The van der Waals surface area contributed by atoms with Crippen LogP contribution >= 0.6 is 11.3 Å². The Balaban J connectivity index is 1.64. The highest BCUT2D eigenvalue weighted by atomic mass is 32.1. The van der Waals surface area contributed by atoms with Crippen LogP contribution < -0.4 is 5.32 Å². The van der Waals surface area contributed by atoms with Gasteiger partial charge in [0.1, 0.15) is 11.0 Å². The molecule has 2 amide bonds. The van der Waals surface area contributed by atoms with E-state index in [0.29, 0.717) is 27.1 Å². The molecular weight excluding hydrogens is 349 g/mol. The van der Waals surface area contributed by atoms with E-state index in [1.54, 1.807) is 6.92 Å². The zero-order valence-electron chi connectivity index (χ0n) is 12.5. The topological polar surface area (TPSA) is 92.5 Å². The average molecular weight is 362 g/mol. The number of carbonyl (C=O) groups excluding carboxylic acids is 2. The molecule has 0 aliphatic carbocycles. The number of nitrogens with one attached hydrogen (secondary N) is 1. The lowest BCUT2D eigenvalue weighted by Gasteiger charge is -2.24. The minimum Gasteiger partial charge on any atom is -0.348 e. The van der Waals surface area contributed by atoms with Crippen molar-refractivity contribution in [1.29, 1.82) is 0 Å². The highest BCUT2D eigenvalue weighted by Gasteiger charge is 2.47. The van der Waals surface area contributed by atoms with Crippen LogP contribution in [0.4, 0.5) is 13.2 Å². The van der Waals surface area contributed by atoms with E-state index in [9.17, 15) is 22.8 Å². The van der Waals surface area contributed by atoms with Crippen molar-refractivity contribution in [2.24, 2.45) is 0 Å².